The molecular weight excluding hydrogens is 340 g/mol. The van der Waals surface area contributed by atoms with Crippen LogP contribution in [0.5, 0.6) is 0 Å². The van der Waals surface area contributed by atoms with E-state index < -0.39 is 5.54 Å². The van der Waals surface area contributed by atoms with Crippen LogP contribution in [0.3, 0.4) is 0 Å². The van der Waals surface area contributed by atoms with E-state index in [-0.39, 0.29) is 0 Å². The Balaban J connectivity index is 2.46. The average molecular weight is 365 g/mol. The van der Waals surface area contributed by atoms with Gasteiger partial charge >= 0.3 is 0 Å². The molecule has 26 heavy (non-hydrogen) atoms. The Bertz CT molecular complexity index is 818. The molecule has 0 aliphatic heterocycles. The lowest BCUT2D eigenvalue weighted by Crippen LogP contribution is -2.44. The predicted octanol–water partition coefficient (Wildman–Crippen LogP) is 5.26. The maximum absolute atomic E-state index is 6.65. The fourth-order valence-electron chi connectivity index (χ4n) is 3.86. The van der Waals surface area contributed by atoms with Crippen molar-refractivity contribution in [2.45, 2.75) is 5.54 Å². The monoisotopic (exact) mass is 364 g/mol. The van der Waals surface area contributed by atoms with Crippen LogP contribution >= 0.6 is 11.6 Å². The van der Waals surface area contributed by atoms with Crippen molar-refractivity contribution < 1.29 is 0 Å². The molecule has 0 fully saturated rings. The van der Waals surface area contributed by atoms with Gasteiger partial charge in [0.25, 0.3) is 0 Å². The van der Waals surface area contributed by atoms with E-state index in [1.54, 1.807) is 0 Å². The summed E-state index contributed by atoms with van der Waals surface area (Å²) in [5, 5.41) is 0.755. The van der Waals surface area contributed by atoms with Crippen LogP contribution in [0.25, 0.3) is 0 Å². The maximum Gasteiger partial charge on any atom is 0.0988 e. The molecule has 2 nitrogen and oxygen atoms in total. The van der Waals surface area contributed by atoms with Gasteiger partial charge in [0, 0.05) is 19.7 Å². The third-order valence-corrected chi connectivity index (χ3v) is 5.18. The number of para-hydroxylation sites is 1. The molecule has 0 spiro atoms. The third-order valence-electron chi connectivity index (χ3n) is 4.88. The fourth-order valence-corrected chi connectivity index (χ4v) is 4.20. The van der Waals surface area contributed by atoms with Crippen LogP contribution < -0.4 is 4.90 Å². The van der Waals surface area contributed by atoms with Crippen molar-refractivity contribution in [2.24, 2.45) is 0 Å². The second-order valence-electron chi connectivity index (χ2n) is 6.87. The lowest BCUT2D eigenvalue weighted by molar-refractivity contribution is 0.247. The van der Waals surface area contributed by atoms with E-state index in [0.29, 0.717) is 0 Å². The van der Waals surface area contributed by atoms with Crippen LogP contribution in [0, 0.1) is 0 Å². The molecule has 3 aromatic rings. The van der Waals surface area contributed by atoms with Crippen LogP contribution in [0.15, 0.2) is 78.9 Å². The van der Waals surface area contributed by atoms with Crippen LogP contribution in [0.1, 0.15) is 16.7 Å². The highest BCUT2D eigenvalue weighted by Gasteiger charge is 2.41. The molecule has 134 valence electrons. The molecule has 0 unspecified atom stereocenters. The first kappa shape index (κ1) is 18.5. The Hall–Kier alpha value is -2.29. The van der Waals surface area contributed by atoms with Crippen molar-refractivity contribution in [3.8, 4) is 0 Å². The third kappa shape index (κ3) is 3.00. The van der Waals surface area contributed by atoms with Crippen molar-refractivity contribution in [1.29, 1.82) is 0 Å². The minimum absolute atomic E-state index is 0.451. The summed E-state index contributed by atoms with van der Waals surface area (Å²) in [5.41, 5.74) is 4.17. The molecule has 3 aromatic carbocycles. The average Bonchev–Trinajstić information content (AvgIpc) is 2.64. The van der Waals surface area contributed by atoms with Crippen molar-refractivity contribution in [1.82, 2.24) is 4.90 Å². The summed E-state index contributed by atoms with van der Waals surface area (Å²) in [4.78, 5) is 4.37. The van der Waals surface area contributed by atoms with E-state index in [9.17, 15) is 0 Å². The number of hydrogen-bond acceptors (Lipinski definition) is 2. The number of benzene rings is 3. The van der Waals surface area contributed by atoms with Gasteiger partial charge < -0.3 is 4.90 Å². The van der Waals surface area contributed by atoms with Gasteiger partial charge in [-0.2, -0.15) is 0 Å². The van der Waals surface area contributed by atoms with Crippen LogP contribution in [0.2, 0.25) is 5.02 Å². The Morgan fingerprint density at radius 3 is 1.58 bits per heavy atom. The predicted molar refractivity (Wildman–Crippen MR) is 112 cm³/mol. The molecule has 0 saturated heterocycles. The second-order valence-corrected chi connectivity index (χ2v) is 7.27. The summed E-state index contributed by atoms with van der Waals surface area (Å²) < 4.78 is 0. The smallest absolute Gasteiger partial charge is 0.0988 e. The molecule has 0 atom stereocenters. The standard InChI is InChI=1S/C23H25ClN2/c1-25(2)22-20(16-11-17-21(22)24)23(26(3)4,18-12-7-5-8-13-18)19-14-9-6-10-15-19/h5-17H,1-4H3. The Morgan fingerprint density at radius 2 is 1.15 bits per heavy atom. The van der Waals surface area contributed by atoms with Gasteiger partial charge in [0.15, 0.2) is 0 Å². The normalized spacial score (nSPS) is 11.6. The summed E-state index contributed by atoms with van der Waals surface area (Å²) in [6.45, 7) is 0. The van der Waals surface area contributed by atoms with Crippen molar-refractivity contribution in [2.75, 3.05) is 33.1 Å². The first-order valence-electron chi connectivity index (χ1n) is 8.74. The summed E-state index contributed by atoms with van der Waals surface area (Å²) in [6, 6.07) is 27.4. The van der Waals surface area contributed by atoms with E-state index in [4.69, 9.17) is 11.6 Å². The molecule has 0 amide bonds. The second kappa shape index (κ2) is 7.53. The molecule has 0 heterocycles. The minimum atomic E-state index is -0.451. The number of halogens is 1. The minimum Gasteiger partial charge on any atom is -0.376 e. The zero-order valence-corrected chi connectivity index (χ0v) is 16.5. The summed E-state index contributed by atoms with van der Waals surface area (Å²) in [7, 11) is 8.34. The summed E-state index contributed by atoms with van der Waals surface area (Å²) in [6.07, 6.45) is 0. The molecule has 0 aromatic heterocycles. The molecule has 0 radical (unpaired) electrons. The molecule has 3 heteroatoms. The highest BCUT2D eigenvalue weighted by atomic mass is 35.5. The van der Waals surface area contributed by atoms with E-state index in [1.165, 1.54) is 11.1 Å². The largest absolute Gasteiger partial charge is 0.376 e. The first-order valence-corrected chi connectivity index (χ1v) is 9.12. The van der Waals surface area contributed by atoms with E-state index in [2.05, 4.69) is 90.6 Å². The van der Waals surface area contributed by atoms with Gasteiger partial charge in [-0.3, -0.25) is 4.90 Å². The zero-order valence-electron chi connectivity index (χ0n) is 15.8. The lowest BCUT2D eigenvalue weighted by Gasteiger charge is -2.43. The van der Waals surface area contributed by atoms with Crippen molar-refractivity contribution >= 4 is 17.3 Å². The van der Waals surface area contributed by atoms with Gasteiger partial charge in [0.05, 0.1) is 16.2 Å². The molecule has 3 rings (SSSR count). The van der Waals surface area contributed by atoms with E-state index in [0.717, 1.165) is 16.3 Å². The highest BCUT2D eigenvalue weighted by Crippen LogP contribution is 2.46. The first-order chi connectivity index (χ1) is 12.5. The van der Waals surface area contributed by atoms with Crippen molar-refractivity contribution in [3.05, 3.63) is 101 Å². The number of rotatable bonds is 5. The van der Waals surface area contributed by atoms with Gasteiger partial charge in [0.1, 0.15) is 0 Å². The Morgan fingerprint density at radius 1 is 0.654 bits per heavy atom. The van der Waals surface area contributed by atoms with Crippen LogP contribution in [-0.4, -0.2) is 33.1 Å². The Kier molecular flexibility index (Phi) is 5.36. The number of nitrogens with zero attached hydrogens (tertiary/aromatic N) is 2. The number of hydrogen-bond donors (Lipinski definition) is 0. The van der Waals surface area contributed by atoms with Gasteiger partial charge in [0.2, 0.25) is 0 Å². The van der Waals surface area contributed by atoms with E-state index in [1.807, 2.05) is 26.2 Å². The topological polar surface area (TPSA) is 6.48 Å². The zero-order chi connectivity index (χ0) is 18.7. The highest BCUT2D eigenvalue weighted by molar-refractivity contribution is 6.33. The van der Waals surface area contributed by atoms with Gasteiger partial charge in [-0.1, -0.05) is 84.4 Å². The summed E-state index contributed by atoms with van der Waals surface area (Å²) >= 11 is 6.65. The van der Waals surface area contributed by atoms with Gasteiger partial charge in [-0.15, -0.1) is 0 Å². The maximum atomic E-state index is 6.65. The number of anilines is 1. The molecule has 0 saturated carbocycles. The van der Waals surface area contributed by atoms with Crippen LogP contribution in [0.4, 0.5) is 5.69 Å². The van der Waals surface area contributed by atoms with E-state index >= 15 is 0 Å². The molecule has 0 N–H and O–H groups in total. The van der Waals surface area contributed by atoms with Gasteiger partial charge in [-0.05, 0) is 31.3 Å². The SMILES string of the molecule is CN(C)c1c(Cl)cccc1C(c1ccccc1)(c1ccccc1)N(C)C. The fraction of sp³-hybridized carbons (Fsp3) is 0.217. The quantitative estimate of drug-likeness (QED) is 0.570. The lowest BCUT2D eigenvalue weighted by atomic mass is 9.75. The van der Waals surface area contributed by atoms with Crippen molar-refractivity contribution in [3.63, 3.8) is 0 Å². The van der Waals surface area contributed by atoms with Gasteiger partial charge in [-0.25, -0.2) is 0 Å². The molecular formula is C23H25ClN2. The molecule has 0 bridgehead atoms. The van der Waals surface area contributed by atoms with Crippen LogP contribution in [-0.2, 0) is 5.54 Å². The molecule has 0 aliphatic rings. The Labute approximate surface area is 161 Å². The molecule has 0 aliphatic carbocycles. The summed E-state index contributed by atoms with van der Waals surface area (Å²) in [5.74, 6) is 0.